The first-order valence-corrected chi connectivity index (χ1v) is 7.67. The van der Waals surface area contributed by atoms with Crippen LogP contribution in [-0.4, -0.2) is 12.2 Å². The lowest BCUT2D eigenvalue weighted by Gasteiger charge is -2.26. The summed E-state index contributed by atoms with van der Waals surface area (Å²) in [6.07, 6.45) is 4.07. The normalized spacial score (nSPS) is 22.0. The molecule has 3 heteroatoms. The Hall–Kier alpha value is -2.03. The van der Waals surface area contributed by atoms with Crippen LogP contribution in [0.15, 0.2) is 42.5 Å². The zero-order valence-corrected chi connectivity index (χ0v) is 12.3. The molecule has 1 amide bonds. The minimum absolute atomic E-state index is 0.0641. The molecule has 2 aromatic carbocycles. The summed E-state index contributed by atoms with van der Waals surface area (Å²) in [5, 5.41) is 5.11. The van der Waals surface area contributed by atoms with Gasteiger partial charge in [-0.1, -0.05) is 43.7 Å². The number of hydrogen-bond acceptors (Lipinski definition) is 2. The molecular formula is C18H21NO2. The van der Waals surface area contributed by atoms with Crippen LogP contribution in [0.1, 0.15) is 32.6 Å². The van der Waals surface area contributed by atoms with Crippen LogP contribution in [0.4, 0.5) is 10.5 Å². The van der Waals surface area contributed by atoms with Crippen molar-refractivity contribution in [3.8, 4) is 0 Å². The molecule has 1 saturated carbocycles. The highest BCUT2D eigenvalue weighted by atomic mass is 16.6. The monoisotopic (exact) mass is 283 g/mol. The zero-order chi connectivity index (χ0) is 14.7. The Balaban J connectivity index is 1.63. The molecule has 1 aliphatic carbocycles. The molecule has 3 rings (SSSR count). The number of carbonyl (C=O) groups is 1. The van der Waals surface area contributed by atoms with E-state index in [1.807, 2.05) is 36.4 Å². The second kappa shape index (κ2) is 6.17. The van der Waals surface area contributed by atoms with E-state index in [1.54, 1.807) is 0 Å². The number of nitrogens with one attached hydrogen (secondary N) is 1. The van der Waals surface area contributed by atoms with Gasteiger partial charge in [-0.2, -0.15) is 0 Å². The SMILES string of the molecule is C[C@H]1CCC[C@H](OC(=O)Nc2ccc3ccccc3c2)C1. The number of ether oxygens (including phenoxy) is 1. The molecule has 0 radical (unpaired) electrons. The zero-order valence-electron chi connectivity index (χ0n) is 12.3. The van der Waals surface area contributed by atoms with E-state index in [4.69, 9.17) is 4.74 Å². The smallest absolute Gasteiger partial charge is 0.411 e. The first-order chi connectivity index (χ1) is 10.2. The van der Waals surface area contributed by atoms with Gasteiger partial charge in [-0.15, -0.1) is 0 Å². The van der Waals surface area contributed by atoms with Crippen molar-refractivity contribution in [2.75, 3.05) is 5.32 Å². The Morgan fingerprint density at radius 2 is 1.95 bits per heavy atom. The standard InChI is InChI=1S/C18H21NO2/c1-13-5-4-8-17(11-13)21-18(20)19-16-10-9-14-6-2-3-7-15(14)12-16/h2-3,6-7,9-10,12-13,17H,4-5,8,11H2,1H3,(H,19,20)/t13-,17-/m0/s1. The largest absolute Gasteiger partial charge is 0.446 e. The number of carbonyl (C=O) groups excluding carboxylic acids is 1. The van der Waals surface area contributed by atoms with E-state index < -0.39 is 0 Å². The molecule has 0 spiro atoms. The summed E-state index contributed by atoms with van der Waals surface area (Å²) in [7, 11) is 0. The van der Waals surface area contributed by atoms with Crippen molar-refractivity contribution >= 4 is 22.6 Å². The number of hydrogen-bond donors (Lipinski definition) is 1. The van der Waals surface area contributed by atoms with Gasteiger partial charge in [-0.3, -0.25) is 5.32 Å². The third-order valence-electron chi connectivity index (χ3n) is 4.16. The maximum atomic E-state index is 12.0. The van der Waals surface area contributed by atoms with E-state index in [1.165, 1.54) is 6.42 Å². The summed E-state index contributed by atoms with van der Waals surface area (Å²) >= 11 is 0. The summed E-state index contributed by atoms with van der Waals surface area (Å²) in [6, 6.07) is 14.0. The molecule has 1 aliphatic rings. The van der Waals surface area contributed by atoms with Crippen molar-refractivity contribution in [1.82, 2.24) is 0 Å². The molecule has 0 bridgehead atoms. The van der Waals surface area contributed by atoms with Gasteiger partial charge in [0.1, 0.15) is 6.10 Å². The van der Waals surface area contributed by atoms with Crippen LogP contribution in [0, 0.1) is 5.92 Å². The Morgan fingerprint density at radius 3 is 2.76 bits per heavy atom. The minimum Gasteiger partial charge on any atom is -0.446 e. The Morgan fingerprint density at radius 1 is 1.14 bits per heavy atom. The number of benzene rings is 2. The second-order valence-corrected chi connectivity index (χ2v) is 5.99. The minimum atomic E-state index is -0.343. The van der Waals surface area contributed by atoms with Gasteiger partial charge in [-0.25, -0.2) is 4.79 Å². The van der Waals surface area contributed by atoms with Crippen LogP contribution >= 0.6 is 0 Å². The third kappa shape index (κ3) is 3.54. The molecule has 21 heavy (non-hydrogen) atoms. The fourth-order valence-corrected chi connectivity index (χ4v) is 3.05. The van der Waals surface area contributed by atoms with Gasteiger partial charge in [0.25, 0.3) is 0 Å². The van der Waals surface area contributed by atoms with Gasteiger partial charge in [0.15, 0.2) is 0 Å². The Kier molecular flexibility index (Phi) is 4.09. The Labute approximate surface area is 125 Å². The van der Waals surface area contributed by atoms with E-state index >= 15 is 0 Å². The molecule has 0 unspecified atom stereocenters. The first-order valence-electron chi connectivity index (χ1n) is 7.67. The molecule has 110 valence electrons. The van der Waals surface area contributed by atoms with Crippen molar-refractivity contribution in [3.05, 3.63) is 42.5 Å². The van der Waals surface area contributed by atoms with Crippen LogP contribution in [-0.2, 0) is 4.74 Å². The molecule has 3 nitrogen and oxygen atoms in total. The highest BCUT2D eigenvalue weighted by molar-refractivity contribution is 5.91. The lowest BCUT2D eigenvalue weighted by atomic mass is 9.89. The van der Waals surface area contributed by atoms with Gasteiger partial charge in [0, 0.05) is 5.69 Å². The van der Waals surface area contributed by atoms with Crippen molar-refractivity contribution in [2.24, 2.45) is 5.92 Å². The molecular weight excluding hydrogens is 262 g/mol. The van der Waals surface area contributed by atoms with Gasteiger partial charge in [-0.05, 0) is 48.1 Å². The van der Waals surface area contributed by atoms with E-state index in [9.17, 15) is 4.79 Å². The molecule has 1 N–H and O–H groups in total. The van der Waals surface area contributed by atoms with E-state index in [2.05, 4.69) is 18.3 Å². The molecule has 0 heterocycles. The van der Waals surface area contributed by atoms with Gasteiger partial charge in [0.05, 0.1) is 0 Å². The Bertz CT molecular complexity index is 638. The predicted octanol–water partition coefficient (Wildman–Crippen LogP) is 4.97. The first kappa shape index (κ1) is 13.9. The fourth-order valence-electron chi connectivity index (χ4n) is 3.05. The summed E-state index contributed by atoms with van der Waals surface area (Å²) in [5.41, 5.74) is 0.780. The lowest BCUT2D eigenvalue weighted by Crippen LogP contribution is -2.27. The highest BCUT2D eigenvalue weighted by Gasteiger charge is 2.22. The van der Waals surface area contributed by atoms with Crippen LogP contribution in [0.3, 0.4) is 0 Å². The fraction of sp³-hybridized carbons (Fsp3) is 0.389. The predicted molar refractivity (Wildman–Crippen MR) is 85.5 cm³/mol. The third-order valence-corrected chi connectivity index (χ3v) is 4.16. The van der Waals surface area contributed by atoms with E-state index in [0.29, 0.717) is 5.92 Å². The quantitative estimate of drug-likeness (QED) is 0.845. The summed E-state index contributed by atoms with van der Waals surface area (Å²) in [4.78, 5) is 12.0. The molecule has 2 aromatic rings. The van der Waals surface area contributed by atoms with Crippen LogP contribution in [0.2, 0.25) is 0 Å². The molecule has 0 saturated heterocycles. The maximum Gasteiger partial charge on any atom is 0.411 e. The summed E-state index contributed by atoms with van der Waals surface area (Å²) < 4.78 is 5.53. The number of amides is 1. The highest BCUT2D eigenvalue weighted by Crippen LogP contribution is 2.26. The van der Waals surface area contributed by atoms with E-state index in [-0.39, 0.29) is 12.2 Å². The van der Waals surface area contributed by atoms with Crippen molar-refractivity contribution in [2.45, 2.75) is 38.7 Å². The molecule has 1 fully saturated rings. The average molecular weight is 283 g/mol. The van der Waals surface area contributed by atoms with Gasteiger partial charge >= 0.3 is 6.09 Å². The van der Waals surface area contributed by atoms with Crippen molar-refractivity contribution in [1.29, 1.82) is 0 Å². The molecule has 0 aromatic heterocycles. The van der Waals surface area contributed by atoms with E-state index in [0.717, 1.165) is 35.7 Å². The maximum absolute atomic E-state index is 12.0. The summed E-state index contributed by atoms with van der Waals surface area (Å²) in [5.74, 6) is 0.650. The molecule has 0 aliphatic heterocycles. The topological polar surface area (TPSA) is 38.3 Å². The van der Waals surface area contributed by atoms with Crippen LogP contribution < -0.4 is 5.32 Å². The number of rotatable bonds is 2. The van der Waals surface area contributed by atoms with Crippen LogP contribution in [0.5, 0.6) is 0 Å². The van der Waals surface area contributed by atoms with Crippen LogP contribution in [0.25, 0.3) is 10.8 Å². The van der Waals surface area contributed by atoms with Crippen molar-refractivity contribution in [3.63, 3.8) is 0 Å². The number of fused-ring (bicyclic) bond motifs is 1. The van der Waals surface area contributed by atoms with Crippen molar-refractivity contribution < 1.29 is 9.53 Å². The second-order valence-electron chi connectivity index (χ2n) is 5.99. The van der Waals surface area contributed by atoms with Gasteiger partial charge < -0.3 is 4.74 Å². The summed E-state index contributed by atoms with van der Waals surface area (Å²) in [6.45, 7) is 2.22. The average Bonchev–Trinajstić information content (AvgIpc) is 2.47. The van der Waals surface area contributed by atoms with Gasteiger partial charge in [0.2, 0.25) is 0 Å². The molecule has 2 atom stereocenters. The lowest BCUT2D eigenvalue weighted by molar-refractivity contribution is 0.0724. The number of anilines is 1.